The van der Waals surface area contributed by atoms with Crippen molar-refractivity contribution in [2.45, 2.75) is 0 Å². The zero-order valence-electron chi connectivity index (χ0n) is 12.2. The first-order chi connectivity index (χ1) is 10.1. The van der Waals surface area contributed by atoms with Crippen molar-refractivity contribution in [3.63, 3.8) is 0 Å². The van der Waals surface area contributed by atoms with Crippen LogP contribution in [0.25, 0.3) is 0 Å². The van der Waals surface area contributed by atoms with Gasteiger partial charge in [0.2, 0.25) is 5.78 Å². The van der Waals surface area contributed by atoms with Gasteiger partial charge in [-0.15, -0.1) is 9.24 Å². The number of ether oxygens (including phenoxy) is 3. The van der Waals surface area contributed by atoms with E-state index in [0.29, 0.717) is 28.4 Å². The molecule has 0 N–H and O–H groups in total. The number of rotatable bonds is 5. The number of benzene rings is 2. The SMILES string of the molecule is COc1ccc(OC)c(C(=O)c2ccccc2P)c1OC.[LiH]. The van der Waals surface area contributed by atoms with E-state index in [1.165, 1.54) is 21.3 Å². The second-order valence-corrected chi connectivity index (χ2v) is 4.92. The second-order valence-electron chi connectivity index (χ2n) is 4.29. The summed E-state index contributed by atoms with van der Waals surface area (Å²) >= 11 is 0. The second kappa shape index (κ2) is 8.24. The van der Waals surface area contributed by atoms with Crippen LogP contribution in [0.2, 0.25) is 0 Å². The molecule has 2 aromatic carbocycles. The average Bonchev–Trinajstić information content (AvgIpc) is 2.53. The van der Waals surface area contributed by atoms with E-state index < -0.39 is 0 Å². The maximum absolute atomic E-state index is 12.9. The molecule has 2 aromatic rings. The van der Waals surface area contributed by atoms with Gasteiger partial charge in [0.25, 0.3) is 0 Å². The number of carbonyl (C=O) groups excluding carboxylic acids is 1. The molecule has 0 heterocycles. The molecule has 0 fully saturated rings. The van der Waals surface area contributed by atoms with Crippen molar-refractivity contribution in [3.8, 4) is 17.2 Å². The van der Waals surface area contributed by atoms with Crippen LogP contribution in [0.1, 0.15) is 15.9 Å². The first-order valence-electron chi connectivity index (χ1n) is 6.32. The van der Waals surface area contributed by atoms with Gasteiger partial charge < -0.3 is 14.2 Å². The molecule has 0 aliphatic rings. The van der Waals surface area contributed by atoms with Crippen LogP contribution >= 0.6 is 9.24 Å². The molecule has 0 aliphatic heterocycles. The third-order valence-electron chi connectivity index (χ3n) is 3.16. The molecule has 0 spiro atoms. The molecule has 0 bridgehead atoms. The molecule has 4 nitrogen and oxygen atoms in total. The Bertz CT molecular complexity index is 673. The molecular formula is C16H18LiO4P. The summed E-state index contributed by atoms with van der Waals surface area (Å²) in [5.74, 6) is 1.14. The van der Waals surface area contributed by atoms with Crippen molar-refractivity contribution in [1.82, 2.24) is 0 Å². The molecule has 22 heavy (non-hydrogen) atoms. The van der Waals surface area contributed by atoms with E-state index in [0.717, 1.165) is 5.30 Å². The standard InChI is InChI=1S/C16H17O4P.Li.H/c1-18-11-8-9-12(19-2)16(20-3)14(11)15(17)10-6-4-5-7-13(10)21;;/h4-9H,21H2,1-3H3;;. The monoisotopic (exact) mass is 312 g/mol. The first kappa shape index (κ1) is 18.6. The van der Waals surface area contributed by atoms with Gasteiger partial charge in [-0.3, -0.25) is 4.79 Å². The number of ketones is 1. The van der Waals surface area contributed by atoms with Crippen LogP contribution in [-0.2, 0) is 0 Å². The minimum absolute atomic E-state index is 0. The molecule has 0 saturated carbocycles. The summed E-state index contributed by atoms with van der Waals surface area (Å²) in [4.78, 5) is 12.9. The van der Waals surface area contributed by atoms with Crippen molar-refractivity contribution in [2.75, 3.05) is 21.3 Å². The van der Waals surface area contributed by atoms with E-state index in [2.05, 4.69) is 9.24 Å². The summed E-state index contributed by atoms with van der Waals surface area (Å²) in [6.45, 7) is 0. The van der Waals surface area contributed by atoms with Crippen LogP contribution in [0, 0.1) is 0 Å². The third kappa shape index (κ3) is 3.47. The molecule has 0 saturated heterocycles. The summed E-state index contributed by atoms with van der Waals surface area (Å²) in [6.07, 6.45) is 0. The first-order valence-corrected chi connectivity index (χ1v) is 6.90. The summed E-state index contributed by atoms with van der Waals surface area (Å²) in [5.41, 5.74) is 0.932. The van der Waals surface area contributed by atoms with Gasteiger partial charge in [-0.2, -0.15) is 0 Å². The zero-order chi connectivity index (χ0) is 15.4. The molecule has 0 aliphatic carbocycles. The fourth-order valence-corrected chi connectivity index (χ4v) is 2.47. The van der Waals surface area contributed by atoms with Crippen LogP contribution < -0.4 is 19.5 Å². The summed E-state index contributed by atoms with van der Waals surface area (Å²) < 4.78 is 15.9. The van der Waals surface area contributed by atoms with Gasteiger partial charge in [-0.25, -0.2) is 0 Å². The summed E-state index contributed by atoms with van der Waals surface area (Å²) in [7, 11) is 7.11. The van der Waals surface area contributed by atoms with Gasteiger partial charge in [-0.1, -0.05) is 24.3 Å². The zero-order valence-corrected chi connectivity index (χ0v) is 13.3. The Kier molecular flexibility index (Phi) is 6.96. The van der Waals surface area contributed by atoms with Crippen LogP contribution in [0.4, 0.5) is 0 Å². The molecule has 112 valence electrons. The Morgan fingerprint density at radius 1 is 0.909 bits per heavy atom. The Morgan fingerprint density at radius 2 is 1.50 bits per heavy atom. The Balaban J connectivity index is 0.00000242. The van der Waals surface area contributed by atoms with E-state index in [-0.39, 0.29) is 24.6 Å². The predicted molar refractivity (Wildman–Crippen MR) is 92.5 cm³/mol. The number of methoxy groups -OCH3 is 3. The van der Waals surface area contributed by atoms with E-state index in [1.54, 1.807) is 18.2 Å². The van der Waals surface area contributed by atoms with Crippen molar-refractivity contribution in [2.24, 2.45) is 0 Å². The van der Waals surface area contributed by atoms with Gasteiger partial charge in [0.15, 0.2) is 11.5 Å². The molecule has 1 unspecified atom stereocenters. The quantitative estimate of drug-likeness (QED) is 0.480. The van der Waals surface area contributed by atoms with Gasteiger partial charge in [-0.05, 0) is 17.4 Å². The van der Waals surface area contributed by atoms with E-state index >= 15 is 0 Å². The Hall–Kier alpha value is -1.46. The van der Waals surface area contributed by atoms with Crippen molar-refractivity contribution in [1.29, 1.82) is 0 Å². The van der Waals surface area contributed by atoms with Crippen LogP contribution in [0.3, 0.4) is 0 Å². The summed E-state index contributed by atoms with van der Waals surface area (Å²) in [6, 6.07) is 10.7. The normalized spacial score (nSPS) is 9.64. The van der Waals surface area contributed by atoms with Crippen molar-refractivity contribution in [3.05, 3.63) is 47.5 Å². The molecule has 0 radical (unpaired) electrons. The average molecular weight is 312 g/mol. The van der Waals surface area contributed by atoms with Gasteiger partial charge in [0, 0.05) is 5.56 Å². The van der Waals surface area contributed by atoms with Gasteiger partial charge in [0.1, 0.15) is 11.3 Å². The number of hydrogen-bond acceptors (Lipinski definition) is 4. The predicted octanol–water partition coefficient (Wildman–Crippen LogP) is 1.80. The molecular weight excluding hydrogens is 294 g/mol. The molecule has 6 heteroatoms. The van der Waals surface area contributed by atoms with Crippen LogP contribution in [0.5, 0.6) is 17.2 Å². The molecule has 0 aromatic heterocycles. The topological polar surface area (TPSA) is 44.8 Å². The van der Waals surface area contributed by atoms with Gasteiger partial charge >= 0.3 is 18.9 Å². The third-order valence-corrected chi connectivity index (χ3v) is 3.66. The van der Waals surface area contributed by atoms with E-state index in [4.69, 9.17) is 14.2 Å². The Morgan fingerprint density at radius 3 is 2.05 bits per heavy atom. The fourth-order valence-electron chi connectivity index (χ4n) is 2.13. The van der Waals surface area contributed by atoms with E-state index in [1.807, 2.05) is 18.2 Å². The van der Waals surface area contributed by atoms with Crippen molar-refractivity contribution < 1.29 is 19.0 Å². The van der Waals surface area contributed by atoms with Crippen molar-refractivity contribution >= 4 is 39.2 Å². The Labute approximate surface area is 144 Å². The minimum atomic E-state index is -0.173. The van der Waals surface area contributed by atoms with Crippen LogP contribution in [-0.4, -0.2) is 46.0 Å². The molecule has 1 atom stereocenters. The summed E-state index contributed by atoms with van der Waals surface area (Å²) in [5, 5.41) is 0.814. The van der Waals surface area contributed by atoms with Gasteiger partial charge in [0.05, 0.1) is 21.3 Å². The number of carbonyl (C=O) groups is 1. The van der Waals surface area contributed by atoms with E-state index in [9.17, 15) is 4.79 Å². The molecule has 2 rings (SSSR count). The fraction of sp³-hybridized carbons (Fsp3) is 0.188. The molecule has 0 amide bonds. The van der Waals surface area contributed by atoms with Crippen LogP contribution in [0.15, 0.2) is 36.4 Å². The number of hydrogen-bond donors (Lipinski definition) is 0. The maximum atomic E-state index is 12.9.